The smallest absolute Gasteiger partial charge is 0.319 e. The van der Waals surface area contributed by atoms with Crippen LogP contribution >= 0.6 is 0 Å². The molecule has 0 aromatic heterocycles. The quantitative estimate of drug-likeness (QED) is 0.567. The van der Waals surface area contributed by atoms with Crippen molar-refractivity contribution in [2.75, 3.05) is 19.7 Å². The minimum absolute atomic E-state index is 0.0156. The van der Waals surface area contributed by atoms with Gasteiger partial charge < -0.3 is 21.1 Å². The van der Waals surface area contributed by atoms with Gasteiger partial charge in [0.15, 0.2) is 5.78 Å². The first kappa shape index (κ1) is 18.4. The SMILES string of the molecule is CC(=O)C(CNCC(=O)OCC(C)(C)C)(NC(N)=O)C1CC1. The minimum atomic E-state index is -1.03. The number of carbonyl (C=O) groups is 3. The Hall–Kier alpha value is -1.63. The molecule has 0 aromatic rings. The van der Waals surface area contributed by atoms with Gasteiger partial charge in [-0.1, -0.05) is 20.8 Å². The van der Waals surface area contributed by atoms with E-state index >= 15 is 0 Å². The highest BCUT2D eigenvalue weighted by Crippen LogP contribution is 2.40. The first-order valence-electron chi connectivity index (χ1n) is 7.52. The standard InChI is InChI=1S/C15H27N3O4/c1-10(19)15(11-5-6-11,18-13(16)21)8-17-7-12(20)22-9-14(2,3)4/h11,17H,5-9H2,1-4H3,(H3,16,18,21). The van der Waals surface area contributed by atoms with E-state index in [1.54, 1.807) is 0 Å². The Morgan fingerprint density at radius 1 is 1.23 bits per heavy atom. The number of carbonyl (C=O) groups excluding carboxylic acids is 3. The van der Waals surface area contributed by atoms with Gasteiger partial charge in [0.1, 0.15) is 5.54 Å². The van der Waals surface area contributed by atoms with Gasteiger partial charge in [-0.05, 0) is 31.1 Å². The predicted molar refractivity (Wildman–Crippen MR) is 82.1 cm³/mol. The number of ether oxygens (including phenoxy) is 1. The third kappa shape index (κ3) is 5.63. The fourth-order valence-electron chi connectivity index (χ4n) is 2.30. The van der Waals surface area contributed by atoms with Gasteiger partial charge in [0.2, 0.25) is 0 Å². The van der Waals surface area contributed by atoms with E-state index in [9.17, 15) is 14.4 Å². The van der Waals surface area contributed by atoms with Gasteiger partial charge in [0, 0.05) is 6.54 Å². The Kier molecular flexibility index (Phi) is 5.93. The lowest BCUT2D eigenvalue weighted by molar-refractivity contribution is -0.145. The number of primary amides is 1. The van der Waals surface area contributed by atoms with Crippen molar-refractivity contribution in [3.63, 3.8) is 0 Å². The van der Waals surface area contributed by atoms with Gasteiger partial charge in [-0.15, -0.1) is 0 Å². The van der Waals surface area contributed by atoms with Crippen molar-refractivity contribution < 1.29 is 19.1 Å². The number of esters is 1. The number of nitrogens with two attached hydrogens (primary N) is 1. The van der Waals surface area contributed by atoms with Gasteiger partial charge in [-0.25, -0.2) is 4.79 Å². The van der Waals surface area contributed by atoms with E-state index < -0.39 is 11.6 Å². The third-order valence-electron chi connectivity index (χ3n) is 3.59. The number of urea groups is 1. The molecule has 2 amide bonds. The summed E-state index contributed by atoms with van der Waals surface area (Å²) in [7, 11) is 0. The molecule has 7 nitrogen and oxygen atoms in total. The molecule has 0 aromatic carbocycles. The second-order valence-electron chi connectivity index (χ2n) is 7.12. The van der Waals surface area contributed by atoms with Crippen LogP contribution in [0.15, 0.2) is 0 Å². The van der Waals surface area contributed by atoms with Crippen LogP contribution in [0.3, 0.4) is 0 Å². The van der Waals surface area contributed by atoms with Crippen molar-refractivity contribution in [1.29, 1.82) is 0 Å². The van der Waals surface area contributed by atoms with Crippen LogP contribution in [0.25, 0.3) is 0 Å². The summed E-state index contributed by atoms with van der Waals surface area (Å²) in [6.07, 6.45) is 1.71. The fourth-order valence-corrected chi connectivity index (χ4v) is 2.30. The van der Waals surface area contributed by atoms with Crippen molar-refractivity contribution in [2.24, 2.45) is 17.1 Å². The molecule has 0 heterocycles. The Bertz CT molecular complexity index is 441. The molecule has 4 N–H and O–H groups in total. The zero-order valence-corrected chi connectivity index (χ0v) is 13.8. The van der Waals surface area contributed by atoms with E-state index in [-0.39, 0.29) is 36.2 Å². The van der Waals surface area contributed by atoms with E-state index in [4.69, 9.17) is 10.5 Å². The summed E-state index contributed by atoms with van der Waals surface area (Å²) in [4.78, 5) is 34.9. The van der Waals surface area contributed by atoms with Crippen LogP contribution in [0.1, 0.15) is 40.5 Å². The van der Waals surface area contributed by atoms with Crippen molar-refractivity contribution in [2.45, 2.75) is 46.1 Å². The largest absolute Gasteiger partial charge is 0.464 e. The van der Waals surface area contributed by atoms with E-state index in [2.05, 4.69) is 10.6 Å². The van der Waals surface area contributed by atoms with E-state index in [1.165, 1.54) is 6.92 Å². The molecule has 0 radical (unpaired) electrons. The molecule has 7 heteroatoms. The molecule has 1 fully saturated rings. The van der Waals surface area contributed by atoms with E-state index in [0.29, 0.717) is 6.61 Å². The molecule has 0 saturated heterocycles. The Balaban J connectivity index is 2.52. The average molecular weight is 313 g/mol. The van der Waals surface area contributed by atoms with Crippen LogP contribution in [-0.2, 0) is 14.3 Å². The molecule has 126 valence electrons. The number of rotatable bonds is 8. The van der Waals surface area contributed by atoms with Crippen LogP contribution in [0, 0.1) is 11.3 Å². The highest BCUT2D eigenvalue weighted by molar-refractivity contribution is 5.91. The summed E-state index contributed by atoms with van der Waals surface area (Å²) in [6, 6.07) is -0.737. The summed E-state index contributed by atoms with van der Waals surface area (Å²) in [5.41, 5.74) is 4.06. The first-order valence-corrected chi connectivity index (χ1v) is 7.52. The highest BCUT2D eigenvalue weighted by atomic mass is 16.5. The zero-order valence-electron chi connectivity index (χ0n) is 13.8. The maximum atomic E-state index is 12.0. The summed E-state index contributed by atoms with van der Waals surface area (Å²) in [5, 5.41) is 5.46. The van der Waals surface area contributed by atoms with Crippen LogP contribution in [0.2, 0.25) is 0 Å². The molecule has 1 rings (SSSR count). The van der Waals surface area contributed by atoms with Gasteiger partial charge in [-0.3, -0.25) is 9.59 Å². The lowest BCUT2D eigenvalue weighted by atomic mass is 9.88. The molecule has 22 heavy (non-hydrogen) atoms. The summed E-state index contributed by atoms with van der Waals surface area (Å²) in [5.74, 6) is -0.484. The maximum Gasteiger partial charge on any atom is 0.319 e. The molecule has 1 atom stereocenters. The molecular weight excluding hydrogens is 286 g/mol. The van der Waals surface area contributed by atoms with Gasteiger partial charge in [-0.2, -0.15) is 0 Å². The summed E-state index contributed by atoms with van der Waals surface area (Å²) in [6.45, 7) is 7.81. The van der Waals surface area contributed by atoms with Crippen molar-refractivity contribution in [3.8, 4) is 0 Å². The maximum absolute atomic E-state index is 12.0. The minimum Gasteiger partial charge on any atom is -0.464 e. The highest BCUT2D eigenvalue weighted by Gasteiger charge is 2.49. The second-order valence-corrected chi connectivity index (χ2v) is 7.12. The Morgan fingerprint density at radius 2 is 1.82 bits per heavy atom. The number of ketones is 1. The number of hydrogen-bond donors (Lipinski definition) is 3. The lowest BCUT2D eigenvalue weighted by Crippen LogP contribution is -2.62. The monoisotopic (exact) mass is 313 g/mol. The van der Waals surface area contributed by atoms with Crippen molar-refractivity contribution >= 4 is 17.8 Å². The van der Waals surface area contributed by atoms with Crippen molar-refractivity contribution in [1.82, 2.24) is 10.6 Å². The van der Waals surface area contributed by atoms with Crippen LogP contribution in [0.4, 0.5) is 4.79 Å². The lowest BCUT2D eigenvalue weighted by Gasteiger charge is -2.32. The summed E-state index contributed by atoms with van der Waals surface area (Å²) < 4.78 is 5.14. The number of nitrogens with one attached hydrogen (secondary N) is 2. The topological polar surface area (TPSA) is 111 Å². The molecule has 0 spiro atoms. The Morgan fingerprint density at radius 3 is 2.23 bits per heavy atom. The molecule has 1 aliphatic carbocycles. The predicted octanol–water partition coefficient (Wildman–Crippen LogP) is 0.571. The summed E-state index contributed by atoms with van der Waals surface area (Å²) >= 11 is 0. The van der Waals surface area contributed by atoms with Crippen LogP contribution in [0.5, 0.6) is 0 Å². The van der Waals surface area contributed by atoms with Crippen molar-refractivity contribution in [3.05, 3.63) is 0 Å². The zero-order chi connectivity index (χ0) is 17.0. The van der Waals surface area contributed by atoms with E-state index in [0.717, 1.165) is 12.8 Å². The Labute approximate surface area is 131 Å². The number of amides is 2. The van der Waals surface area contributed by atoms with Gasteiger partial charge in [0.25, 0.3) is 0 Å². The fraction of sp³-hybridized carbons (Fsp3) is 0.800. The molecule has 1 aliphatic rings. The normalized spacial score (nSPS) is 17.5. The second kappa shape index (κ2) is 7.09. The first-order chi connectivity index (χ1) is 10.1. The van der Waals surface area contributed by atoms with Gasteiger partial charge >= 0.3 is 12.0 Å². The molecule has 0 bridgehead atoms. The molecular formula is C15H27N3O4. The van der Waals surface area contributed by atoms with Gasteiger partial charge in [0.05, 0.1) is 13.2 Å². The number of hydrogen-bond acceptors (Lipinski definition) is 5. The van der Waals surface area contributed by atoms with E-state index in [1.807, 2.05) is 20.8 Å². The molecule has 1 unspecified atom stereocenters. The molecule has 1 saturated carbocycles. The third-order valence-corrected chi connectivity index (χ3v) is 3.59. The molecule has 0 aliphatic heterocycles. The van der Waals surface area contributed by atoms with Crippen LogP contribution in [-0.4, -0.2) is 43.0 Å². The average Bonchev–Trinajstić information content (AvgIpc) is 3.17. The number of Topliss-reactive ketones (excluding diaryl/α,β-unsaturated/α-hetero) is 1. The van der Waals surface area contributed by atoms with Crippen LogP contribution < -0.4 is 16.4 Å².